The van der Waals surface area contributed by atoms with Gasteiger partial charge in [0.05, 0.1) is 13.0 Å². The topological polar surface area (TPSA) is 52.9 Å². The van der Waals surface area contributed by atoms with Crippen LogP contribution in [-0.4, -0.2) is 41.4 Å². The Morgan fingerprint density at radius 2 is 2.12 bits per heavy atom. The fourth-order valence-corrected chi connectivity index (χ4v) is 1.79. The lowest BCUT2D eigenvalue weighted by Gasteiger charge is -2.19. The molecule has 1 aliphatic rings. The molecule has 2 rings (SSSR count). The maximum atomic E-state index is 10.5. The second kappa shape index (κ2) is 4.79. The van der Waals surface area contributed by atoms with E-state index in [0.29, 0.717) is 6.54 Å². The molecule has 0 atom stereocenters. The van der Waals surface area contributed by atoms with Gasteiger partial charge in [-0.1, -0.05) is 30.3 Å². The second-order valence-electron chi connectivity index (χ2n) is 3.70. The van der Waals surface area contributed by atoms with Crippen molar-refractivity contribution in [3.8, 4) is 0 Å². The molecule has 0 saturated heterocycles. The van der Waals surface area contributed by atoms with Crippen LogP contribution < -0.4 is 0 Å². The Balaban J connectivity index is 2.06. The van der Waals surface area contributed by atoms with Crippen LogP contribution in [0.3, 0.4) is 0 Å². The minimum absolute atomic E-state index is 0.159. The lowest BCUT2D eigenvalue weighted by molar-refractivity contribution is -0.137. The van der Waals surface area contributed by atoms with E-state index in [0.717, 1.165) is 24.5 Å². The molecule has 0 radical (unpaired) electrons. The van der Waals surface area contributed by atoms with E-state index in [1.54, 1.807) is 0 Å². The third kappa shape index (κ3) is 2.39. The molecule has 0 amide bonds. The molecule has 0 spiro atoms. The van der Waals surface area contributed by atoms with Crippen molar-refractivity contribution < 1.29 is 9.90 Å². The number of carboxylic acid groups (broad SMARTS) is 1. The third-order valence-electron chi connectivity index (χ3n) is 2.56. The number of aliphatic carboxylic acids is 1. The molecule has 1 heterocycles. The maximum Gasteiger partial charge on any atom is 0.305 e. The molecular formula is C12H14N2O2. The number of rotatable bonds is 4. The van der Waals surface area contributed by atoms with E-state index >= 15 is 0 Å². The number of benzene rings is 1. The van der Waals surface area contributed by atoms with Crippen LogP contribution in [0.5, 0.6) is 0 Å². The standard InChI is InChI=1S/C12H14N2O2/c15-11(16)6-8-14-9-7-13-12(14)10-4-2-1-3-5-10/h1-5H,6-9H2,(H,15,16). The summed E-state index contributed by atoms with van der Waals surface area (Å²) in [6.45, 7) is 2.10. The highest BCUT2D eigenvalue weighted by Gasteiger charge is 2.18. The van der Waals surface area contributed by atoms with Crippen LogP contribution in [0.25, 0.3) is 0 Å². The predicted molar refractivity (Wildman–Crippen MR) is 61.7 cm³/mol. The number of carbonyl (C=O) groups is 1. The lowest BCUT2D eigenvalue weighted by atomic mass is 10.2. The molecule has 1 aliphatic heterocycles. The number of aliphatic imine (C=N–C) groups is 1. The highest BCUT2D eigenvalue weighted by atomic mass is 16.4. The molecular weight excluding hydrogens is 204 g/mol. The summed E-state index contributed by atoms with van der Waals surface area (Å²) in [4.78, 5) is 17.0. The van der Waals surface area contributed by atoms with Crippen molar-refractivity contribution >= 4 is 11.8 Å². The number of hydrogen-bond acceptors (Lipinski definition) is 3. The summed E-state index contributed by atoms with van der Waals surface area (Å²) in [7, 11) is 0. The molecule has 0 saturated carbocycles. The normalized spacial score (nSPS) is 15.0. The van der Waals surface area contributed by atoms with Crippen LogP contribution in [0.4, 0.5) is 0 Å². The molecule has 4 nitrogen and oxygen atoms in total. The summed E-state index contributed by atoms with van der Waals surface area (Å²) in [5.41, 5.74) is 1.06. The molecule has 84 valence electrons. The van der Waals surface area contributed by atoms with Gasteiger partial charge in [-0.05, 0) is 0 Å². The number of hydrogen-bond donors (Lipinski definition) is 1. The smallest absolute Gasteiger partial charge is 0.305 e. The van der Waals surface area contributed by atoms with Crippen LogP contribution in [0.15, 0.2) is 35.3 Å². The molecule has 0 aliphatic carbocycles. The van der Waals surface area contributed by atoms with E-state index in [1.165, 1.54) is 0 Å². The van der Waals surface area contributed by atoms with Crippen LogP contribution in [0.2, 0.25) is 0 Å². The van der Waals surface area contributed by atoms with Crippen LogP contribution in [0.1, 0.15) is 12.0 Å². The Morgan fingerprint density at radius 3 is 2.81 bits per heavy atom. The number of amidine groups is 1. The van der Waals surface area contributed by atoms with Crippen molar-refractivity contribution in [2.45, 2.75) is 6.42 Å². The zero-order valence-corrected chi connectivity index (χ0v) is 8.97. The largest absolute Gasteiger partial charge is 0.481 e. The second-order valence-corrected chi connectivity index (χ2v) is 3.70. The van der Waals surface area contributed by atoms with Gasteiger partial charge < -0.3 is 10.0 Å². The summed E-state index contributed by atoms with van der Waals surface area (Å²) >= 11 is 0. The monoisotopic (exact) mass is 218 g/mol. The zero-order valence-electron chi connectivity index (χ0n) is 8.97. The molecule has 1 aromatic rings. The molecule has 0 fully saturated rings. The van der Waals surface area contributed by atoms with Crippen molar-refractivity contribution in [1.29, 1.82) is 0 Å². The quantitative estimate of drug-likeness (QED) is 0.826. The highest BCUT2D eigenvalue weighted by molar-refractivity contribution is 5.99. The summed E-state index contributed by atoms with van der Waals surface area (Å²) in [5, 5.41) is 8.66. The molecule has 1 N–H and O–H groups in total. The van der Waals surface area contributed by atoms with Gasteiger partial charge in [-0.25, -0.2) is 0 Å². The molecule has 0 aromatic heterocycles. The van der Waals surface area contributed by atoms with Crippen LogP contribution >= 0.6 is 0 Å². The Hall–Kier alpha value is -1.84. The maximum absolute atomic E-state index is 10.5. The molecule has 0 bridgehead atoms. The van der Waals surface area contributed by atoms with Gasteiger partial charge in [-0.2, -0.15) is 0 Å². The summed E-state index contributed by atoms with van der Waals surface area (Å²) < 4.78 is 0. The summed E-state index contributed by atoms with van der Waals surface area (Å²) in [5.74, 6) is 0.154. The Morgan fingerprint density at radius 1 is 1.38 bits per heavy atom. The Bertz CT molecular complexity index is 401. The first-order chi connectivity index (χ1) is 7.77. The van der Waals surface area contributed by atoms with Crippen molar-refractivity contribution in [3.05, 3.63) is 35.9 Å². The predicted octanol–water partition coefficient (Wildman–Crippen LogP) is 1.22. The van der Waals surface area contributed by atoms with E-state index in [2.05, 4.69) is 4.99 Å². The van der Waals surface area contributed by atoms with Crippen molar-refractivity contribution in [2.24, 2.45) is 4.99 Å². The number of carboxylic acids is 1. The zero-order chi connectivity index (χ0) is 11.4. The van der Waals surface area contributed by atoms with Crippen molar-refractivity contribution in [3.63, 3.8) is 0 Å². The van der Waals surface area contributed by atoms with E-state index in [4.69, 9.17) is 5.11 Å². The Labute approximate surface area is 94.2 Å². The average Bonchev–Trinajstić information content (AvgIpc) is 2.75. The first-order valence-corrected chi connectivity index (χ1v) is 5.34. The van der Waals surface area contributed by atoms with Crippen LogP contribution in [-0.2, 0) is 4.79 Å². The minimum atomic E-state index is -0.765. The summed E-state index contributed by atoms with van der Waals surface area (Å²) in [6.07, 6.45) is 0.159. The van der Waals surface area contributed by atoms with Gasteiger partial charge in [-0.15, -0.1) is 0 Å². The third-order valence-corrected chi connectivity index (χ3v) is 2.56. The minimum Gasteiger partial charge on any atom is -0.481 e. The van der Waals surface area contributed by atoms with E-state index < -0.39 is 5.97 Å². The number of nitrogens with zero attached hydrogens (tertiary/aromatic N) is 2. The first kappa shape index (κ1) is 10.7. The van der Waals surface area contributed by atoms with Crippen molar-refractivity contribution in [1.82, 2.24) is 4.90 Å². The lowest BCUT2D eigenvalue weighted by Crippen LogP contribution is -2.30. The molecule has 0 unspecified atom stereocenters. The highest BCUT2D eigenvalue weighted by Crippen LogP contribution is 2.11. The van der Waals surface area contributed by atoms with Gasteiger partial charge in [0.1, 0.15) is 5.84 Å². The average molecular weight is 218 g/mol. The van der Waals surface area contributed by atoms with E-state index in [1.807, 2.05) is 35.2 Å². The SMILES string of the molecule is O=C(O)CCN1CCN=C1c1ccccc1. The van der Waals surface area contributed by atoms with Gasteiger partial charge in [0.15, 0.2) is 0 Å². The summed E-state index contributed by atoms with van der Waals surface area (Å²) in [6, 6.07) is 9.88. The van der Waals surface area contributed by atoms with Crippen LogP contribution in [0, 0.1) is 0 Å². The fraction of sp³-hybridized carbons (Fsp3) is 0.333. The molecule has 1 aromatic carbocycles. The van der Waals surface area contributed by atoms with Gasteiger partial charge in [0.2, 0.25) is 0 Å². The molecule has 16 heavy (non-hydrogen) atoms. The van der Waals surface area contributed by atoms with Gasteiger partial charge >= 0.3 is 5.97 Å². The fourth-order valence-electron chi connectivity index (χ4n) is 1.79. The van der Waals surface area contributed by atoms with E-state index in [9.17, 15) is 4.79 Å². The Kier molecular flexibility index (Phi) is 3.19. The van der Waals surface area contributed by atoms with Gasteiger partial charge in [0, 0.05) is 18.7 Å². The van der Waals surface area contributed by atoms with Crippen molar-refractivity contribution in [2.75, 3.05) is 19.6 Å². The van der Waals surface area contributed by atoms with Gasteiger partial charge in [0.25, 0.3) is 0 Å². The van der Waals surface area contributed by atoms with Gasteiger partial charge in [-0.3, -0.25) is 9.79 Å². The molecule has 4 heteroatoms. The first-order valence-electron chi connectivity index (χ1n) is 5.34. The van der Waals surface area contributed by atoms with E-state index in [-0.39, 0.29) is 6.42 Å².